The van der Waals surface area contributed by atoms with Crippen molar-refractivity contribution in [3.8, 4) is 0 Å². The highest BCUT2D eigenvalue weighted by Crippen LogP contribution is 2.43. The van der Waals surface area contributed by atoms with Crippen LogP contribution in [-0.4, -0.2) is 27.0 Å². The Labute approximate surface area is 90.5 Å². The van der Waals surface area contributed by atoms with Gasteiger partial charge in [-0.2, -0.15) is 0 Å². The maximum absolute atomic E-state index is 4.42. The topological polar surface area (TPSA) is 29.0 Å². The van der Waals surface area contributed by atoms with Gasteiger partial charge < -0.3 is 0 Å². The predicted octanol–water partition coefficient (Wildman–Crippen LogP) is 1.95. The second kappa shape index (κ2) is 3.27. The molecule has 0 saturated carbocycles. The van der Waals surface area contributed by atoms with Crippen LogP contribution in [0.3, 0.4) is 0 Å². The molecule has 2 unspecified atom stereocenters. The molecule has 1 fully saturated rings. The molecule has 1 saturated heterocycles. The normalized spacial score (nSPS) is 29.5. The minimum Gasteiger partial charge on any atom is -0.290 e. The highest BCUT2D eigenvalue weighted by Gasteiger charge is 2.41. The van der Waals surface area contributed by atoms with Crippen LogP contribution in [0.5, 0.6) is 0 Å². The SMILES string of the molecule is CC(C)N1C2CCC1c1cncnc1C2. The first kappa shape index (κ1) is 9.28. The van der Waals surface area contributed by atoms with Gasteiger partial charge in [-0.25, -0.2) is 9.97 Å². The Balaban J connectivity index is 2.04. The summed E-state index contributed by atoms with van der Waals surface area (Å²) in [7, 11) is 0. The van der Waals surface area contributed by atoms with Crippen LogP contribution in [0.4, 0.5) is 0 Å². The number of hydrogen-bond donors (Lipinski definition) is 0. The summed E-state index contributed by atoms with van der Waals surface area (Å²) < 4.78 is 0. The summed E-state index contributed by atoms with van der Waals surface area (Å²) in [6.45, 7) is 4.58. The van der Waals surface area contributed by atoms with Crippen LogP contribution in [0.15, 0.2) is 12.5 Å². The Bertz CT molecular complexity index is 375. The van der Waals surface area contributed by atoms with Gasteiger partial charge in [0.05, 0.1) is 5.69 Å². The molecule has 2 aliphatic rings. The molecule has 0 radical (unpaired) electrons. The third kappa shape index (κ3) is 1.29. The highest BCUT2D eigenvalue weighted by molar-refractivity contribution is 5.27. The molecule has 1 aromatic heterocycles. The van der Waals surface area contributed by atoms with Crippen LogP contribution in [0.1, 0.15) is 44.0 Å². The summed E-state index contributed by atoms with van der Waals surface area (Å²) in [5.41, 5.74) is 2.66. The van der Waals surface area contributed by atoms with Gasteiger partial charge in [-0.1, -0.05) is 0 Å². The number of rotatable bonds is 1. The average Bonchev–Trinajstić information content (AvgIpc) is 2.55. The molecule has 2 atom stereocenters. The molecular formula is C12H17N3. The van der Waals surface area contributed by atoms with Crippen molar-refractivity contribution in [2.24, 2.45) is 0 Å². The summed E-state index contributed by atoms with van der Waals surface area (Å²) >= 11 is 0. The summed E-state index contributed by atoms with van der Waals surface area (Å²) in [6, 6.07) is 1.94. The first-order chi connectivity index (χ1) is 7.27. The van der Waals surface area contributed by atoms with Gasteiger partial charge in [-0.15, -0.1) is 0 Å². The molecule has 1 aromatic rings. The van der Waals surface area contributed by atoms with Crippen molar-refractivity contribution in [1.82, 2.24) is 14.9 Å². The van der Waals surface area contributed by atoms with E-state index in [0.717, 1.165) is 12.5 Å². The minimum absolute atomic E-state index is 0.583. The van der Waals surface area contributed by atoms with Gasteiger partial charge in [0.2, 0.25) is 0 Å². The van der Waals surface area contributed by atoms with Gasteiger partial charge in [0, 0.05) is 36.3 Å². The Hall–Kier alpha value is -0.960. The van der Waals surface area contributed by atoms with Crippen LogP contribution in [0.25, 0.3) is 0 Å². The second-order valence-electron chi connectivity index (χ2n) is 4.92. The van der Waals surface area contributed by atoms with E-state index in [0.29, 0.717) is 12.1 Å². The van der Waals surface area contributed by atoms with Gasteiger partial charge >= 0.3 is 0 Å². The Morgan fingerprint density at radius 2 is 2.27 bits per heavy atom. The van der Waals surface area contributed by atoms with Crippen LogP contribution in [0, 0.1) is 0 Å². The monoisotopic (exact) mass is 203 g/mol. The van der Waals surface area contributed by atoms with Crippen LogP contribution >= 0.6 is 0 Å². The van der Waals surface area contributed by atoms with Gasteiger partial charge in [0.25, 0.3) is 0 Å². The smallest absolute Gasteiger partial charge is 0.115 e. The predicted molar refractivity (Wildman–Crippen MR) is 58.5 cm³/mol. The van der Waals surface area contributed by atoms with Crippen molar-refractivity contribution >= 4 is 0 Å². The zero-order valence-electron chi connectivity index (χ0n) is 9.35. The summed E-state index contributed by atoms with van der Waals surface area (Å²) in [5, 5.41) is 0. The number of fused-ring (bicyclic) bond motifs is 4. The summed E-state index contributed by atoms with van der Waals surface area (Å²) in [4.78, 5) is 11.2. The Morgan fingerprint density at radius 1 is 1.40 bits per heavy atom. The molecule has 0 N–H and O–H groups in total. The molecule has 3 heteroatoms. The van der Waals surface area contributed by atoms with E-state index in [4.69, 9.17) is 0 Å². The van der Waals surface area contributed by atoms with E-state index >= 15 is 0 Å². The fourth-order valence-corrected chi connectivity index (χ4v) is 3.25. The van der Waals surface area contributed by atoms with Crippen molar-refractivity contribution in [2.75, 3.05) is 0 Å². The van der Waals surface area contributed by atoms with Crippen LogP contribution < -0.4 is 0 Å². The van der Waals surface area contributed by atoms with Crippen molar-refractivity contribution in [1.29, 1.82) is 0 Å². The maximum Gasteiger partial charge on any atom is 0.115 e. The second-order valence-corrected chi connectivity index (χ2v) is 4.92. The van der Waals surface area contributed by atoms with E-state index < -0.39 is 0 Å². The lowest BCUT2D eigenvalue weighted by Crippen LogP contribution is -2.42. The van der Waals surface area contributed by atoms with E-state index in [2.05, 4.69) is 28.7 Å². The average molecular weight is 203 g/mol. The standard InChI is InChI=1S/C12H17N3/c1-8(2)15-9-3-4-12(15)10-6-13-7-14-11(10)5-9/h6-9,12H,3-5H2,1-2H3. The van der Waals surface area contributed by atoms with E-state index in [-0.39, 0.29) is 0 Å². The van der Waals surface area contributed by atoms with Gasteiger partial charge in [-0.3, -0.25) is 4.90 Å². The molecule has 2 bridgehead atoms. The Morgan fingerprint density at radius 3 is 3.07 bits per heavy atom. The third-order valence-electron chi connectivity index (χ3n) is 3.77. The quantitative estimate of drug-likeness (QED) is 0.698. The fourth-order valence-electron chi connectivity index (χ4n) is 3.25. The molecule has 0 aliphatic carbocycles. The van der Waals surface area contributed by atoms with E-state index in [1.54, 1.807) is 6.33 Å². The van der Waals surface area contributed by atoms with Crippen LogP contribution in [-0.2, 0) is 6.42 Å². The third-order valence-corrected chi connectivity index (χ3v) is 3.77. The van der Waals surface area contributed by atoms with E-state index in [9.17, 15) is 0 Å². The number of aromatic nitrogens is 2. The van der Waals surface area contributed by atoms with Crippen LogP contribution in [0.2, 0.25) is 0 Å². The van der Waals surface area contributed by atoms with Crippen molar-refractivity contribution in [3.63, 3.8) is 0 Å². The van der Waals surface area contributed by atoms with Gasteiger partial charge in [0.15, 0.2) is 0 Å². The Kier molecular flexibility index (Phi) is 2.02. The van der Waals surface area contributed by atoms with E-state index in [1.165, 1.54) is 24.1 Å². The zero-order chi connectivity index (χ0) is 10.4. The molecule has 0 aromatic carbocycles. The van der Waals surface area contributed by atoms with Crippen molar-refractivity contribution in [3.05, 3.63) is 23.8 Å². The molecule has 80 valence electrons. The summed E-state index contributed by atoms with van der Waals surface area (Å²) in [6.07, 6.45) is 7.42. The lowest BCUT2D eigenvalue weighted by Gasteiger charge is -2.38. The zero-order valence-corrected chi connectivity index (χ0v) is 9.35. The van der Waals surface area contributed by atoms with Gasteiger partial charge in [0.1, 0.15) is 6.33 Å². The van der Waals surface area contributed by atoms with Crippen molar-refractivity contribution in [2.45, 2.75) is 51.2 Å². The van der Waals surface area contributed by atoms with E-state index in [1.807, 2.05) is 6.20 Å². The fraction of sp³-hybridized carbons (Fsp3) is 0.667. The lowest BCUT2D eigenvalue weighted by molar-refractivity contribution is 0.133. The molecule has 0 spiro atoms. The molecule has 2 aliphatic heterocycles. The molecular weight excluding hydrogens is 186 g/mol. The molecule has 3 rings (SSSR count). The molecule has 3 nitrogen and oxygen atoms in total. The first-order valence-corrected chi connectivity index (χ1v) is 5.83. The highest BCUT2D eigenvalue weighted by atomic mass is 15.2. The minimum atomic E-state index is 0.583. The number of hydrogen-bond acceptors (Lipinski definition) is 3. The molecule has 3 heterocycles. The largest absolute Gasteiger partial charge is 0.290 e. The summed E-state index contributed by atoms with van der Waals surface area (Å²) in [5.74, 6) is 0. The molecule has 15 heavy (non-hydrogen) atoms. The number of nitrogens with zero attached hydrogens (tertiary/aromatic N) is 3. The molecule has 0 amide bonds. The van der Waals surface area contributed by atoms with Crippen molar-refractivity contribution < 1.29 is 0 Å². The van der Waals surface area contributed by atoms with Gasteiger partial charge in [-0.05, 0) is 26.7 Å². The maximum atomic E-state index is 4.42. The first-order valence-electron chi connectivity index (χ1n) is 5.83. The lowest BCUT2D eigenvalue weighted by atomic mass is 9.98.